The van der Waals surface area contributed by atoms with Crippen molar-refractivity contribution >= 4 is 44.2 Å². The van der Waals surface area contributed by atoms with Crippen LogP contribution in [0.4, 0.5) is 0 Å². The van der Waals surface area contributed by atoms with Crippen LogP contribution < -0.4 is 5.32 Å². The molecule has 7 heteroatoms. The number of rotatable bonds is 6. The highest BCUT2D eigenvalue weighted by atomic mass is 127. The van der Waals surface area contributed by atoms with Crippen LogP contribution in [0.3, 0.4) is 0 Å². The van der Waals surface area contributed by atoms with E-state index in [0.29, 0.717) is 15.9 Å². The molecular weight excluding hydrogens is 435 g/mol. The molecule has 20 heavy (non-hydrogen) atoms. The maximum Gasteiger partial charge on any atom is 0.129 e. The highest BCUT2D eigenvalue weighted by molar-refractivity contribution is 14.1. The average molecular weight is 453 g/mol. The lowest BCUT2D eigenvalue weighted by molar-refractivity contribution is 0.220. The normalized spacial score (nSPS) is 17.6. The molecule has 1 fully saturated rings. The first-order chi connectivity index (χ1) is 9.40. The summed E-state index contributed by atoms with van der Waals surface area (Å²) in [6.45, 7) is 2.57. The minimum Gasteiger partial charge on any atom is -0.383 e. The van der Waals surface area contributed by atoms with Crippen molar-refractivity contribution in [3.8, 4) is 0 Å². The van der Waals surface area contributed by atoms with Gasteiger partial charge in [0.25, 0.3) is 0 Å². The number of aromatic nitrogens is 2. The molecule has 1 heterocycles. The van der Waals surface area contributed by atoms with Crippen molar-refractivity contribution in [2.45, 2.75) is 25.9 Å². The third-order valence-corrected chi connectivity index (χ3v) is 4.81. The predicted molar refractivity (Wildman–Crippen MR) is 91.0 cm³/mol. The van der Waals surface area contributed by atoms with Crippen molar-refractivity contribution < 1.29 is 5.11 Å². The number of hydrogen-bond acceptors (Lipinski definition) is 4. The Morgan fingerprint density at radius 2 is 2.35 bits per heavy atom. The first-order valence-corrected chi connectivity index (χ1v) is 8.33. The SMILES string of the molecule is CC(=N)/C(=C(/Br)NCC1CC1)C(O)c1cn(C)nc1I. The van der Waals surface area contributed by atoms with Gasteiger partial charge in [-0.05, 0) is 64.2 Å². The van der Waals surface area contributed by atoms with Crippen LogP contribution in [-0.4, -0.2) is 27.1 Å². The largest absolute Gasteiger partial charge is 0.383 e. The summed E-state index contributed by atoms with van der Waals surface area (Å²) >= 11 is 5.57. The number of aliphatic hydroxyl groups is 1. The molecule has 1 aliphatic rings. The van der Waals surface area contributed by atoms with Gasteiger partial charge in [-0.15, -0.1) is 0 Å². The fourth-order valence-electron chi connectivity index (χ4n) is 1.96. The second kappa shape index (κ2) is 6.57. The highest BCUT2D eigenvalue weighted by Crippen LogP contribution is 2.31. The highest BCUT2D eigenvalue weighted by Gasteiger charge is 2.25. The number of hydrogen-bond donors (Lipinski definition) is 3. The summed E-state index contributed by atoms with van der Waals surface area (Å²) in [5, 5.41) is 26.0. The van der Waals surface area contributed by atoms with E-state index in [4.69, 9.17) is 5.41 Å². The number of aliphatic hydroxyl groups excluding tert-OH is 1. The van der Waals surface area contributed by atoms with Gasteiger partial charge in [0.15, 0.2) is 0 Å². The van der Waals surface area contributed by atoms with E-state index in [1.807, 2.05) is 7.05 Å². The summed E-state index contributed by atoms with van der Waals surface area (Å²) in [6.07, 6.45) is 3.45. The summed E-state index contributed by atoms with van der Waals surface area (Å²) in [7, 11) is 1.82. The molecule has 0 radical (unpaired) electrons. The molecule has 1 saturated carbocycles. The molecule has 110 valence electrons. The van der Waals surface area contributed by atoms with Crippen molar-refractivity contribution in [3.63, 3.8) is 0 Å². The van der Waals surface area contributed by atoms with Gasteiger partial charge < -0.3 is 15.8 Å². The molecule has 0 aliphatic heterocycles. The number of aryl methyl sites for hydroxylation is 1. The summed E-state index contributed by atoms with van der Waals surface area (Å²) < 4.78 is 3.12. The Morgan fingerprint density at radius 3 is 2.80 bits per heavy atom. The molecule has 3 N–H and O–H groups in total. The maximum atomic E-state index is 10.6. The van der Waals surface area contributed by atoms with E-state index in [9.17, 15) is 5.11 Å². The molecule has 1 aliphatic carbocycles. The van der Waals surface area contributed by atoms with E-state index in [-0.39, 0.29) is 0 Å². The average Bonchev–Trinajstić information content (AvgIpc) is 3.11. The van der Waals surface area contributed by atoms with Crippen LogP contribution in [0.1, 0.15) is 31.4 Å². The van der Waals surface area contributed by atoms with Crippen molar-refractivity contribution in [3.05, 3.63) is 25.6 Å². The Bertz CT molecular complexity index is 551. The van der Waals surface area contributed by atoms with E-state index in [1.165, 1.54) is 12.8 Å². The topological polar surface area (TPSA) is 73.9 Å². The van der Waals surface area contributed by atoms with E-state index in [2.05, 4.69) is 48.9 Å². The van der Waals surface area contributed by atoms with Gasteiger partial charge in [0.05, 0.1) is 4.61 Å². The van der Waals surface area contributed by atoms with E-state index >= 15 is 0 Å². The van der Waals surface area contributed by atoms with Gasteiger partial charge in [-0.2, -0.15) is 5.10 Å². The summed E-state index contributed by atoms with van der Waals surface area (Å²) in [5.41, 5.74) is 1.63. The first kappa shape index (κ1) is 16.0. The zero-order valence-electron chi connectivity index (χ0n) is 11.5. The van der Waals surface area contributed by atoms with Gasteiger partial charge in [-0.25, -0.2) is 0 Å². The van der Waals surface area contributed by atoms with Crippen molar-refractivity contribution in [2.24, 2.45) is 13.0 Å². The third kappa shape index (κ3) is 3.82. The number of nitrogens with zero attached hydrogens (tertiary/aromatic N) is 2. The second-order valence-electron chi connectivity index (χ2n) is 5.13. The van der Waals surface area contributed by atoms with Crippen LogP contribution in [0.2, 0.25) is 0 Å². The van der Waals surface area contributed by atoms with Crippen LogP contribution in [0, 0.1) is 15.0 Å². The lowest BCUT2D eigenvalue weighted by Crippen LogP contribution is -2.20. The van der Waals surface area contributed by atoms with E-state index in [0.717, 1.165) is 21.7 Å². The van der Waals surface area contributed by atoms with Crippen LogP contribution in [0.15, 0.2) is 16.4 Å². The summed E-state index contributed by atoms with van der Waals surface area (Å²) in [4.78, 5) is 0. The van der Waals surface area contributed by atoms with Gasteiger partial charge in [0.1, 0.15) is 9.80 Å². The number of halogens is 2. The molecule has 0 saturated heterocycles. The second-order valence-corrected chi connectivity index (χ2v) is 6.94. The summed E-state index contributed by atoms with van der Waals surface area (Å²) in [5.74, 6) is 0.727. The zero-order chi connectivity index (χ0) is 14.9. The van der Waals surface area contributed by atoms with E-state index < -0.39 is 6.10 Å². The van der Waals surface area contributed by atoms with Crippen LogP contribution in [0.25, 0.3) is 0 Å². The lowest BCUT2D eigenvalue weighted by atomic mass is 10.0. The Hall–Kier alpha value is -0.410. The zero-order valence-corrected chi connectivity index (χ0v) is 15.2. The van der Waals surface area contributed by atoms with Crippen LogP contribution in [0.5, 0.6) is 0 Å². The van der Waals surface area contributed by atoms with Crippen molar-refractivity contribution in [2.75, 3.05) is 6.54 Å². The van der Waals surface area contributed by atoms with Gasteiger partial charge in [-0.1, -0.05) is 0 Å². The standard InChI is InChI=1S/C13H18BrIN4O/c1-7(16)10(12(14)17-5-8-3-4-8)11(20)9-6-19(2)18-13(9)15/h6,8,11,16-17,20H,3-5H2,1-2H3/b12-10+,16-7?. The molecule has 0 bridgehead atoms. The maximum absolute atomic E-state index is 10.6. The number of nitrogens with one attached hydrogen (secondary N) is 2. The fraction of sp³-hybridized carbons (Fsp3) is 0.538. The fourth-order valence-corrected chi connectivity index (χ4v) is 3.41. The quantitative estimate of drug-likeness (QED) is 0.353. The first-order valence-electron chi connectivity index (χ1n) is 6.46. The molecule has 2 rings (SSSR count). The molecular formula is C13H18BrIN4O. The van der Waals surface area contributed by atoms with Gasteiger partial charge >= 0.3 is 0 Å². The van der Waals surface area contributed by atoms with Crippen molar-refractivity contribution in [1.29, 1.82) is 5.41 Å². The molecule has 5 nitrogen and oxygen atoms in total. The Labute approximate surface area is 140 Å². The lowest BCUT2D eigenvalue weighted by Gasteiger charge is -2.17. The Balaban J connectivity index is 2.24. The van der Waals surface area contributed by atoms with Crippen LogP contribution in [-0.2, 0) is 7.05 Å². The van der Waals surface area contributed by atoms with Gasteiger partial charge in [0.2, 0.25) is 0 Å². The molecule has 1 unspecified atom stereocenters. The van der Waals surface area contributed by atoms with Gasteiger partial charge in [-0.3, -0.25) is 4.68 Å². The minimum absolute atomic E-state index is 0.340. The molecule has 1 aromatic heterocycles. The predicted octanol–water partition coefficient (Wildman–Crippen LogP) is 2.70. The third-order valence-electron chi connectivity index (χ3n) is 3.26. The smallest absolute Gasteiger partial charge is 0.129 e. The minimum atomic E-state index is -0.853. The Kier molecular flexibility index (Phi) is 5.25. The van der Waals surface area contributed by atoms with Crippen molar-refractivity contribution in [1.82, 2.24) is 15.1 Å². The van der Waals surface area contributed by atoms with Crippen LogP contribution >= 0.6 is 38.5 Å². The molecule has 0 aromatic carbocycles. The molecule has 0 amide bonds. The molecule has 1 aromatic rings. The molecule has 0 spiro atoms. The Morgan fingerprint density at radius 1 is 1.70 bits per heavy atom. The van der Waals surface area contributed by atoms with Gasteiger partial charge in [0, 0.05) is 36.6 Å². The summed E-state index contributed by atoms with van der Waals surface area (Å²) in [6, 6.07) is 0. The molecule has 1 atom stereocenters. The van der Waals surface area contributed by atoms with E-state index in [1.54, 1.807) is 17.8 Å². The monoisotopic (exact) mass is 452 g/mol.